The summed E-state index contributed by atoms with van der Waals surface area (Å²) in [4.78, 5) is 0. The lowest BCUT2D eigenvalue weighted by Gasteiger charge is -2.41. The molecule has 0 amide bonds. The van der Waals surface area contributed by atoms with Crippen LogP contribution in [0, 0.1) is 11.8 Å². The maximum atomic E-state index is 9.77. The molecule has 0 spiro atoms. The van der Waals surface area contributed by atoms with Gasteiger partial charge in [-0.3, -0.25) is 0 Å². The van der Waals surface area contributed by atoms with E-state index in [1.165, 1.54) is 0 Å². The van der Waals surface area contributed by atoms with E-state index in [0.717, 1.165) is 6.42 Å². The van der Waals surface area contributed by atoms with Crippen molar-refractivity contribution in [3.63, 3.8) is 0 Å². The third kappa shape index (κ3) is 2.03. The van der Waals surface area contributed by atoms with E-state index in [2.05, 4.69) is 13.8 Å². The van der Waals surface area contributed by atoms with E-state index >= 15 is 0 Å². The molecule has 0 aromatic carbocycles. The maximum absolute atomic E-state index is 9.77. The fourth-order valence-corrected chi connectivity index (χ4v) is 1.94. The van der Waals surface area contributed by atoms with Crippen LogP contribution in [0.2, 0.25) is 0 Å². The van der Waals surface area contributed by atoms with Crippen molar-refractivity contribution >= 4 is 0 Å². The molecule has 0 aromatic rings. The lowest BCUT2D eigenvalue weighted by molar-refractivity contribution is -0.261. The van der Waals surface area contributed by atoms with Crippen molar-refractivity contribution in [3.05, 3.63) is 0 Å². The van der Waals surface area contributed by atoms with Crippen LogP contribution in [-0.4, -0.2) is 30.7 Å². The zero-order valence-electron chi connectivity index (χ0n) is 8.86. The Morgan fingerprint density at radius 2 is 1.92 bits per heavy atom. The Morgan fingerprint density at radius 3 is 2.38 bits per heavy atom. The number of hydrogen-bond donors (Lipinski definition) is 1. The first-order chi connectivity index (χ1) is 6.11. The molecule has 1 fully saturated rings. The van der Waals surface area contributed by atoms with Gasteiger partial charge in [-0.05, 0) is 18.3 Å². The zero-order valence-corrected chi connectivity index (χ0v) is 8.86. The molecule has 1 aliphatic heterocycles. The van der Waals surface area contributed by atoms with Crippen LogP contribution in [0.3, 0.4) is 0 Å². The monoisotopic (exact) mass is 188 g/mol. The summed E-state index contributed by atoms with van der Waals surface area (Å²) in [7, 11) is 1.57. The quantitative estimate of drug-likeness (QED) is 0.712. The molecule has 3 heteroatoms. The minimum atomic E-state index is -0.497. The van der Waals surface area contributed by atoms with E-state index in [4.69, 9.17) is 9.47 Å². The highest BCUT2D eigenvalue weighted by molar-refractivity contribution is 4.83. The van der Waals surface area contributed by atoms with Crippen LogP contribution in [0.1, 0.15) is 27.2 Å². The molecule has 0 saturated carbocycles. The van der Waals surface area contributed by atoms with Crippen molar-refractivity contribution in [1.82, 2.24) is 0 Å². The Balaban J connectivity index is 2.66. The minimum absolute atomic E-state index is 0.211. The summed E-state index contributed by atoms with van der Waals surface area (Å²) >= 11 is 0. The fourth-order valence-electron chi connectivity index (χ4n) is 1.94. The van der Waals surface area contributed by atoms with E-state index in [0.29, 0.717) is 5.92 Å². The van der Waals surface area contributed by atoms with Crippen molar-refractivity contribution in [2.75, 3.05) is 7.11 Å². The molecule has 78 valence electrons. The summed E-state index contributed by atoms with van der Waals surface area (Å²) in [5.41, 5.74) is 0. The second kappa shape index (κ2) is 4.40. The molecule has 1 heterocycles. The number of aliphatic hydroxyl groups excluding tert-OH is 1. The maximum Gasteiger partial charge on any atom is 0.183 e. The first-order valence-electron chi connectivity index (χ1n) is 4.98. The number of hydrogen-bond acceptors (Lipinski definition) is 3. The minimum Gasteiger partial charge on any atom is -0.388 e. The highest BCUT2D eigenvalue weighted by atomic mass is 16.7. The van der Waals surface area contributed by atoms with Crippen molar-refractivity contribution < 1.29 is 14.6 Å². The zero-order chi connectivity index (χ0) is 10.0. The van der Waals surface area contributed by atoms with Crippen LogP contribution in [0.4, 0.5) is 0 Å². The number of ether oxygens (including phenoxy) is 2. The second-order valence-electron chi connectivity index (χ2n) is 3.90. The summed E-state index contributed by atoms with van der Waals surface area (Å²) in [5.74, 6) is 0.634. The van der Waals surface area contributed by atoms with Gasteiger partial charge in [-0.15, -0.1) is 0 Å². The summed E-state index contributed by atoms with van der Waals surface area (Å²) in [6.07, 6.45) is 0.236. The summed E-state index contributed by atoms with van der Waals surface area (Å²) < 4.78 is 10.7. The van der Waals surface area contributed by atoms with Crippen molar-refractivity contribution in [3.8, 4) is 0 Å². The average Bonchev–Trinajstić information content (AvgIpc) is 2.15. The standard InChI is InChI=1S/C10H20O3/c1-5-8-6(2)7(3)9(11)10(12-4)13-8/h6-11H,5H2,1-4H3/t6-,7-,8?,9?,10-/m0/s1. The predicted molar refractivity (Wildman–Crippen MR) is 50.3 cm³/mol. The Hall–Kier alpha value is -0.120. The van der Waals surface area contributed by atoms with Gasteiger partial charge in [0.15, 0.2) is 6.29 Å². The average molecular weight is 188 g/mol. The molecular formula is C10H20O3. The van der Waals surface area contributed by atoms with Crippen LogP contribution in [0.25, 0.3) is 0 Å². The molecule has 2 unspecified atom stereocenters. The van der Waals surface area contributed by atoms with Gasteiger partial charge >= 0.3 is 0 Å². The first-order valence-corrected chi connectivity index (χ1v) is 4.98. The van der Waals surface area contributed by atoms with Gasteiger partial charge in [-0.1, -0.05) is 20.8 Å². The Kier molecular flexibility index (Phi) is 3.71. The van der Waals surface area contributed by atoms with E-state index in [1.54, 1.807) is 7.11 Å². The molecule has 1 N–H and O–H groups in total. The van der Waals surface area contributed by atoms with Crippen LogP contribution in [-0.2, 0) is 9.47 Å². The first kappa shape index (κ1) is 11.0. The van der Waals surface area contributed by atoms with E-state index < -0.39 is 12.4 Å². The van der Waals surface area contributed by atoms with Crippen LogP contribution in [0.5, 0.6) is 0 Å². The summed E-state index contributed by atoms with van der Waals surface area (Å²) in [6, 6.07) is 0. The third-order valence-electron chi connectivity index (χ3n) is 3.18. The molecule has 5 atom stereocenters. The largest absolute Gasteiger partial charge is 0.388 e. The van der Waals surface area contributed by atoms with Gasteiger partial charge in [0.05, 0.1) is 6.10 Å². The smallest absolute Gasteiger partial charge is 0.183 e. The molecule has 1 saturated heterocycles. The van der Waals surface area contributed by atoms with E-state index in [1.807, 2.05) is 6.92 Å². The van der Waals surface area contributed by atoms with E-state index in [9.17, 15) is 5.11 Å². The highest BCUT2D eigenvalue weighted by Gasteiger charge is 2.39. The van der Waals surface area contributed by atoms with Gasteiger partial charge in [-0.2, -0.15) is 0 Å². The molecule has 1 aliphatic rings. The molecule has 3 nitrogen and oxygen atoms in total. The fraction of sp³-hybridized carbons (Fsp3) is 1.00. The number of aliphatic hydroxyl groups is 1. The Bertz CT molecular complexity index is 140. The second-order valence-corrected chi connectivity index (χ2v) is 3.90. The van der Waals surface area contributed by atoms with Crippen molar-refractivity contribution in [2.24, 2.45) is 11.8 Å². The van der Waals surface area contributed by atoms with Gasteiger partial charge in [0.1, 0.15) is 6.10 Å². The molecule has 0 aromatic heterocycles. The number of rotatable bonds is 2. The normalized spacial score (nSPS) is 46.4. The Labute approximate surface area is 80.0 Å². The molecule has 0 aliphatic carbocycles. The van der Waals surface area contributed by atoms with Crippen LogP contribution >= 0.6 is 0 Å². The molecule has 13 heavy (non-hydrogen) atoms. The third-order valence-corrected chi connectivity index (χ3v) is 3.18. The topological polar surface area (TPSA) is 38.7 Å². The number of methoxy groups -OCH3 is 1. The van der Waals surface area contributed by atoms with Gasteiger partial charge in [0.2, 0.25) is 0 Å². The molecule has 1 rings (SSSR count). The van der Waals surface area contributed by atoms with Crippen molar-refractivity contribution in [1.29, 1.82) is 0 Å². The van der Waals surface area contributed by atoms with E-state index in [-0.39, 0.29) is 12.0 Å². The van der Waals surface area contributed by atoms with Gasteiger partial charge < -0.3 is 14.6 Å². The Morgan fingerprint density at radius 1 is 1.31 bits per heavy atom. The molecule has 0 radical (unpaired) electrons. The molecular weight excluding hydrogens is 168 g/mol. The van der Waals surface area contributed by atoms with Crippen molar-refractivity contribution in [2.45, 2.75) is 45.7 Å². The van der Waals surface area contributed by atoms with Crippen LogP contribution < -0.4 is 0 Å². The highest BCUT2D eigenvalue weighted by Crippen LogP contribution is 2.32. The van der Waals surface area contributed by atoms with Gasteiger partial charge in [0.25, 0.3) is 0 Å². The van der Waals surface area contributed by atoms with Crippen LogP contribution in [0.15, 0.2) is 0 Å². The lowest BCUT2D eigenvalue weighted by atomic mass is 9.83. The summed E-state index contributed by atoms with van der Waals surface area (Å²) in [6.45, 7) is 6.26. The van der Waals surface area contributed by atoms with Gasteiger partial charge in [0, 0.05) is 7.11 Å². The lowest BCUT2D eigenvalue weighted by Crippen LogP contribution is -2.49. The van der Waals surface area contributed by atoms with Gasteiger partial charge in [-0.25, -0.2) is 0 Å². The SMILES string of the molecule is CCC1O[C@H](OC)C(O)[C@@H](C)[C@@H]1C. The molecule has 0 bridgehead atoms. The summed E-state index contributed by atoms with van der Waals surface area (Å²) in [5, 5.41) is 9.77. The predicted octanol–water partition coefficient (Wildman–Crippen LogP) is 1.40.